The summed E-state index contributed by atoms with van der Waals surface area (Å²) in [7, 11) is 0. The first-order valence-electron chi connectivity index (χ1n) is 5.87. The van der Waals surface area contributed by atoms with Crippen molar-refractivity contribution >= 4 is 23.1 Å². The van der Waals surface area contributed by atoms with Crippen LogP contribution in [0.5, 0.6) is 0 Å². The lowest BCUT2D eigenvalue weighted by molar-refractivity contribution is 0.100. The Bertz CT molecular complexity index is 576. The number of carbonyl (C=O) groups excluding carboxylic acids is 2. The molecule has 0 aliphatic rings. The molecule has 0 saturated heterocycles. The molecule has 0 heterocycles. The average molecular weight is 256 g/mol. The van der Waals surface area contributed by atoms with Gasteiger partial charge in [-0.15, -0.1) is 6.42 Å². The Kier molecular flexibility index (Phi) is 4.93. The predicted octanol–water partition coefficient (Wildman–Crippen LogP) is 1.70. The van der Waals surface area contributed by atoms with E-state index in [0.717, 1.165) is 0 Å². The highest BCUT2D eigenvalue weighted by atomic mass is 16.1. The van der Waals surface area contributed by atoms with Gasteiger partial charge in [-0.25, -0.2) is 4.79 Å². The molecule has 0 bridgehead atoms. The molecule has 0 aromatic heterocycles. The quantitative estimate of drug-likeness (QED) is 0.622. The van der Waals surface area contributed by atoms with Crippen LogP contribution in [0.2, 0.25) is 0 Å². The molecule has 4 heteroatoms. The number of hydrogen-bond donors (Lipinski definition) is 2. The summed E-state index contributed by atoms with van der Waals surface area (Å²) in [6.45, 7) is 4.06. The number of amides is 1. The molecular weight excluding hydrogens is 240 g/mol. The number of nitrogens with one attached hydrogen (secondary N) is 1. The van der Waals surface area contributed by atoms with E-state index in [4.69, 9.17) is 12.2 Å². The van der Waals surface area contributed by atoms with Crippen molar-refractivity contribution in [1.29, 1.82) is 0 Å². The van der Waals surface area contributed by atoms with E-state index in [2.05, 4.69) is 11.2 Å². The van der Waals surface area contributed by atoms with Crippen LogP contribution in [0.25, 0.3) is 5.57 Å². The number of primary amides is 1. The Labute approximate surface area is 112 Å². The zero-order valence-corrected chi connectivity index (χ0v) is 11.0. The molecule has 3 N–H and O–H groups in total. The number of anilines is 1. The Morgan fingerprint density at radius 2 is 2.16 bits per heavy atom. The summed E-state index contributed by atoms with van der Waals surface area (Å²) in [5.41, 5.74) is 7.35. The molecule has 0 spiro atoms. The molecule has 0 radical (unpaired) electrons. The maximum absolute atomic E-state index is 11.4. The normalized spacial score (nSPS) is 9.58. The number of hydrogen-bond acceptors (Lipinski definition) is 3. The van der Waals surface area contributed by atoms with Gasteiger partial charge in [0.05, 0.1) is 12.1 Å². The molecule has 19 heavy (non-hydrogen) atoms. The van der Waals surface area contributed by atoms with Crippen LogP contribution in [0.3, 0.4) is 0 Å². The van der Waals surface area contributed by atoms with Gasteiger partial charge in [-0.2, -0.15) is 0 Å². The highest BCUT2D eigenvalue weighted by molar-refractivity contribution is 6.00. The Morgan fingerprint density at radius 1 is 1.47 bits per heavy atom. The van der Waals surface area contributed by atoms with Gasteiger partial charge in [-0.1, -0.05) is 25.8 Å². The second-order valence-electron chi connectivity index (χ2n) is 4.35. The van der Waals surface area contributed by atoms with Crippen LogP contribution in [0, 0.1) is 18.3 Å². The van der Waals surface area contributed by atoms with Gasteiger partial charge in [0.1, 0.15) is 5.94 Å². The van der Waals surface area contributed by atoms with Crippen molar-refractivity contribution < 1.29 is 9.59 Å². The van der Waals surface area contributed by atoms with E-state index in [1.807, 2.05) is 19.8 Å². The fourth-order valence-corrected chi connectivity index (χ4v) is 1.73. The summed E-state index contributed by atoms with van der Waals surface area (Å²) in [4.78, 5) is 22.4. The van der Waals surface area contributed by atoms with E-state index in [0.29, 0.717) is 28.9 Å². The Morgan fingerprint density at radius 3 is 2.63 bits per heavy atom. The molecule has 0 unspecified atom stereocenters. The van der Waals surface area contributed by atoms with Crippen molar-refractivity contribution in [2.24, 2.45) is 11.7 Å². The third kappa shape index (κ3) is 3.48. The lowest BCUT2D eigenvalue weighted by Gasteiger charge is -2.12. The molecule has 1 aromatic rings. The van der Waals surface area contributed by atoms with E-state index < -0.39 is 5.91 Å². The molecule has 0 aliphatic carbocycles. The van der Waals surface area contributed by atoms with Crippen molar-refractivity contribution in [3.63, 3.8) is 0 Å². The zero-order valence-electron chi connectivity index (χ0n) is 11.0. The van der Waals surface area contributed by atoms with E-state index in [-0.39, 0.29) is 5.92 Å². The van der Waals surface area contributed by atoms with Crippen molar-refractivity contribution in [3.8, 4) is 12.3 Å². The number of rotatable bonds is 5. The SMILES string of the molecule is C#CCNc1ccc(C(=C=O)C(C)C)cc1C(N)=O. The summed E-state index contributed by atoms with van der Waals surface area (Å²) in [5, 5.41) is 2.91. The predicted molar refractivity (Wildman–Crippen MR) is 76.2 cm³/mol. The topological polar surface area (TPSA) is 72.2 Å². The van der Waals surface area contributed by atoms with Crippen LogP contribution in [-0.2, 0) is 4.79 Å². The van der Waals surface area contributed by atoms with E-state index in [1.165, 1.54) is 0 Å². The van der Waals surface area contributed by atoms with Gasteiger partial charge in [0, 0.05) is 11.3 Å². The number of nitrogens with two attached hydrogens (primary N) is 1. The maximum atomic E-state index is 11.4. The molecule has 1 amide bonds. The van der Waals surface area contributed by atoms with E-state index >= 15 is 0 Å². The fourth-order valence-electron chi connectivity index (χ4n) is 1.73. The van der Waals surface area contributed by atoms with Gasteiger partial charge < -0.3 is 11.1 Å². The molecule has 0 saturated carbocycles. The highest BCUT2D eigenvalue weighted by Crippen LogP contribution is 2.25. The monoisotopic (exact) mass is 256 g/mol. The van der Waals surface area contributed by atoms with Gasteiger partial charge in [0.15, 0.2) is 0 Å². The van der Waals surface area contributed by atoms with E-state index in [1.54, 1.807) is 18.2 Å². The number of benzene rings is 1. The average Bonchev–Trinajstić information content (AvgIpc) is 2.37. The van der Waals surface area contributed by atoms with Gasteiger partial charge in [-0.05, 0) is 23.6 Å². The minimum Gasteiger partial charge on any atom is -0.373 e. The van der Waals surface area contributed by atoms with Gasteiger partial charge in [-0.3, -0.25) is 4.79 Å². The molecule has 98 valence electrons. The van der Waals surface area contributed by atoms with Crippen molar-refractivity contribution in [2.45, 2.75) is 13.8 Å². The van der Waals surface area contributed by atoms with Gasteiger partial charge in [0.2, 0.25) is 0 Å². The van der Waals surface area contributed by atoms with Crippen LogP contribution < -0.4 is 11.1 Å². The number of terminal acetylenes is 1. The van der Waals surface area contributed by atoms with Crippen molar-refractivity contribution in [3.05, 3.63) is 29.3 Å². The lowest BCUT2D eigenvalue weighted by atomic mass is 9.94. The summed E-state index contributed by atoms with van der Waals surface area (Å²) in [6, 6.07) is 5.01. The van der Waals surface area contributed by atoms with Gasteiger partial charge in [0.25, 0.3) is 5.91 Å². The molecule has 0 aliphatic heterocycles. The molecule has 0 atom stereocenters. The zero-order chi connectivity index (χ0) is 14.4. The molecular formula is C15H16N2O2. The largest absolute Gasteiger partial charge is 0.373 e. The number of allylic oxidation sites excluding steroid dienone is 1. The van der Waals surface area contributed by atoms with Crippen LogP contribution in [-0.4, -0.2) is 18.4 Å². The highest BCUT2D eigenvalue weighted by Gasteiger charge is 2.13. The molecule has 4 nitrogen and oxygen atoms in total. The first kappa shape index (κ1) is 14.6. The molecule has 1 rings (SSSR count). The summed E-state index contributed by atoms with van der Waals surface area (Å²) in [5.74, 6) is 3.77. The third-order valence-corrected chi connectivity index (χ3v) is 2.66. The summed E-state index contributed by atoms with van der Waals surface area (Å²) in [6.07, 6.45) is 5.16. The minimum absolute atomic E-state index is 0.0164. The third-order valence-electron chi connectivity index (χ3n) is 2.66. The van der Waals surface area contributed by atoms with Crippen LogP contribution in [0.15, 0.2) is 18.2 Å². The fraction of sp³-hybridized carbons (Fsp3) is 0.267. The van der Waals surface area contributed by atoms with Crippen molar-refractivity contribution in [1.82, 2.24) is 0 Å². The van der Waals surface area contributed by atoms with Crippen LogP contribution >= 0.6 is 0 Å². The van der Waals surface area contributed by atoms with E-state index in [9.17, 15) is 9.59 Å². The van der Waals surface area contributed by atoms with Crippen LogP contribution in [0.1, 0.15) is 29.8 Å². The summed E-state index contributed by atoms with van der Waals surface area (Å²) < 4.78 is 0. The smallest absolute Gasteiger partial charge is 0.250 e. The summed E-state index contributed by atoms with van der Waals surface area (Å²) >= 11 is 0. The second-order valence-corrected chi connectivity index (χ2v) is 4.35. The second kappa shape index (κ2) is 6.44. The van der Waals surface area contributed by atoms with Gasteiger partial charge >= 0.3 is 0 Å². The Balaban J connectivity index is 3.27. The number of carbonyl (C=O) groups is 1. The molecule has 1 aromatic carbocycles. The molecule has 0 fully saturated rings. The Hall–Kier alpha value is -2.50. The lowest BCUT2D eigenvalue weighted by Crippen LogP contribution is -2.15. The first-order chi connectivity index (χ1) is 9.01. The maximum Gasteiger partial charge on any atom is 0.250 e. The van der Waals surface area contributed by atoms with Crippen LogP contribution in [0.4, 0.5) is 5.69 Å². The first-order valence-corrected chi connectivity index (χ1v) is 5.87. The standard InChI is InChI=1S/C15H16N2O2/c1-4-7-17-14-6-5-11(8-12(14)15(16)19)13(9-18)10(2)3/h1,5-6,8,10,17H,7H2,2-3H3,(H2,16,19). The van der Waals surface area contributed by atoms with Crippen molar-refractivity contribution in [2.75, 3.05) is 11.9 Å². The minimum atomic E-state index is -0.574.